The highest BCUT2D eigenvalue weighted by atomic mass is 19.4. The van der Waals surface area contributed by atoms with Gasteiger partial charge in [-0.25, -0.2) is 4.57 Å². The van der Waals surface area contributed by atoms with Crippen LogP contribution in [0.3, 0.4) is 0 Å². The maximum Gasteiger partial charge on any atom is 0.422 e. The predicted molar refractivity (Wildman–Crippen MR) is 89.9 cm³/mol. The molecule has 0 fully saturated rings. The molecule has 2 heterocycles. The Labute approximate surface area is 164 Å². The smallest absolute Gasteiger partial charge is 0.422 e. The highest BCUT2D eigenvalue weighted by molar-refractivity contribution is 5.97. The van der Waals surface area contributed by atoms with E-state index in [1.807, 2.05) is 0 Å². The van der Waals surface area contributed by atoms with E-state index >= 15 is 0 Å². The van der Waals surface area contributed by atoms with E-state index in [0.717, 1.165) is 16.7 Å². The van der Waals surface area contributed by atoms with E-state index in [0.29, 0.717) is 0 Å². The lowest BCUT2D eigenvalue weighted by atomic mass is 10.2. The molecule has 2 aromatic rings. The zero-order valence-electron chi connectivity index (χ0n) is 14.9. The molecule has 0 atom stereocenters. The van der Waals surface area contributed by atoms with Crippen LogP contribution in [-0.4, -0.2) is 41.0 Å². The molecule has 1 aliphatic heterocycles. The minimum absolute atomic E-state index is 0.0134. The van der Waals surface area contributed by atoms with E-state index in [4.69, 9.17) is 4.74 Å². The molecule has 0 bridgehead atoms. The van der Waals surface area contributed by atoms with Gasteiger partial charge >= 0.3 is 18.4 Å². The zero-order chi connectivity index (χ0) is 22.1. The van der Waals surface area contributed by atoms with Crippen molar-refractivity contribution >= 4 is 11.7 Å². The average molecular weight is 437 g/mol. The fourth-order valence-electron chi connectivity index (χ4n) is 2.57. The molecule has 30 heavy (non-hydrogen) atoms. The van der Waals surface area contributed by atoms with E-state index in [1.54, 1.807) is 0 Å². The van der Waals surface area contributed by atoms with Crippen LogP contribution in [-0.2, 0) is 11.2 Å². The lowest BCUT2D eigenvalue weighted by Gasteiger charge is -2.15. The summed E-state index contributed by atoms with van der Waals surface area (Å²) in [6.07, 6.45) is -10.6. The van der Waals surface area contributed by atoms with Crippen LogP contribution in [0.5, 0.6) is 11.8 Å². The number of amides is 1. The SMILES string of the molecule is O=C1Cc2c(nc(OCCC(F)(F)F)n(-c3ccc(OCC(F)(F)F)cc3)c2=O)N1. The number of carbonyl (C=O) groups excluding carboxylic acids is 1. The van der Waals surface area contributed by atoms with Crippen LogP contribution < -0.4 is 20.3 Å². The van der Waals surface area contributed by atoms with Gasteiger partial charge in [-0.15, -0.1) is 0 Å². The third-order valence-corrected chi connectivity index (χ3v) is 3.86. The van der Waals surface area contributed by atoms with E-state index in [2.05, 4.69) is 15.0 Å². The van der Waals surface area contributed by atoms with Gasteiger partial charge in [-0.1, -0.05) is 0 Å². The first kappa shape index (κ1) is 21.5. The summed E-state index contributed by atoms with van der Waals surface area (Å²) in [6.45, 7) is -2.36. The number of alkyl halides is 6. The van der Waals surface area contributed by atoms with E-state index < -0.39 is 49.5 Å². The van der Waals surface area contributed by atoms with Gasteiger partial charge in [-0.05, 0) is 24.3 Å². The Morgan fingerprint density at radius 1 is 1.00 bits per heavy atom. The van der Waals surface area contributed by atoms with Gasteiger partial charge in [0, 0.05) is 0 Å². The summed E-state index contributed by atoms with van der Waals surface area (Å²) in [6, 6.07) is 4.20. The standard InChI is InChI=1S/C17H13F6N3O4/c18-16(19,20)5-6-29-15-25-13-11(7-12(27)24-13)14(28)26(15)9-1-3-10(4-2-9)30-8-17(21,22)23/h1-4H,5-8H2,(H,24,27). The topological polar surface area (TPSA) is 82.4 Å². The van der Waals surface area contributed by atoms with Gasteiger partial charge in [0.15, 0.2) is 6.61 Å². The quantitative estimate of drug-likeness (QED) is 0.703. The predicted octanol–water partition coefficient (Wildman–Crippen LogP) is 3.00. The minimum atomic E-state index is -4.54. The molecule has 0 saturated carbocycles. The van der Waals surface area contributed by atoms with Crippen LogP contribution >= 0.6 is 0 Å². The number of benzene rings is 1. The number of anilines is 1. The van der Waals surface area contributed by atoms with Crippen LogP contribution in [0.2, 0.25) is 0 Å². The number of hydrogen-bond donors (Lipinski definition) is 1. The molecule has 1 aromatic carbocycles. The number of fused-ring (bicyclic) bond motifs is 1. The number of ether oxygens (including phenoxy) is 2. The molecule has 7 nitrogen and oxygen atoms in total. The number of nitrogens with zero attached hydrogens (tertiary/aromatic N) is 2. The highest BCUT2D eigenvalue weighted by Crippen LogP contribution is 2.26. The second-order valence-corrected chi connectivity index (χ2v) is 6.20. The van der Waals surface area contributed by atoms with Crippen molar-refractivity contribution in [3.8, 4) is 17.4 Å². The van der Waals surface area contributed by atoms with Gasteiger partial charge in [0.05, 0.1) is 24.1 Å². The maximum atomic E-state index is 12.8. The Balaban J connectivity index is 1.93. The lowest BCUT2D eigenvalue weighted by Crippen LogP contribution is -2.26. The fourth-order valence-corrected chi connectivity index (χ4v) is 2.57. The highest BCUT2D eigenvalue weighted by Gasteiger charge is 2.30. The molecule has 1 aliphatic rings. The Bertz CT molecular complexity index is 999. The van der Waals surface area contributed by atoms with Crippen molar-refractivity contribution in [2.45, 2.75) is 25.2 Å². The molecule has 0 unspecified atom stereocenters. The first-order valence-corrected chi connectivity index (χ1v) is 8.38. The monoisotopic (exact) mass is 437 g/mol. The van der Waals surface area contributed by atoms with Gasteiger partial charge in [0.2, 0.25) is 5.91 Å². The fraction of sp³-hybridized carbons (Fsp3) is 0.353. The Kier molecular flexibility index (Phi) is 5.63. The number of halogens is 6. The third kappa shape index (κ3) is 5.21. The van der Waals surface area contributed by atoms with Crippen LogP contribution in [0, 0.1) is 0 Å². The van der Waals surface area contributed by atoms with E-state index in [1.165, 1.54) is 12.1 Å². The number of nitrogens with one attached hydrogen (secondary N) is 1. The minimum Gasteiger partial charge on any atom is -0.484 e. The number of carbonyl (C=O) groups is 1. The zero-order valence-corrected chi connectivity index (χ0v) is 14.9. The summed E-state index contributed by atoms with van der Waals surface area (Å²) < 4.78 is 84.4. The molecule has 1 amide bonds. The lowest BCUT2D eigenvalue weighted by molar-refractivity contribution is -0.153. The molecule has 0 aliphatic carbocycles. The van der Waals surface area contributed by atoms with Crippen LogP contribution in [0.4, 0.5) is 32.2 Å². The maximum absolute atomic E-state index is 12.8. The van der Waals surface area contributed by atoms with Crippen molar-refractivity contribution in [2.24, 2.45) is 0 Å². The number of hydrogen-bond acceptors (Lipinski definition) is 5. The summed E-state index contributed by atoms with van der Waals surface area (Å²) in [5.74, 6) is -0.785. The Hall–Kier alpha value is -3.25. The Morgan fingerprint density at radius 2 is 1.67 bits per heavy atom. The second kappa shape index (κ2) is 7.88. The third-order valence-electron chi connectivity index (χ3n) is 3.86. The normalized spacial score (nSPS) is 13.7. The largest absolute Gasteiger partial charge is 0.484 e. The molecular formula is C17H13F6N3O4. The van der Waals surface area contributed by atoms with Crippen molar-refractivity contribution in [1.82, 2.24) is 9.55 Å². The molecule has 1 N–H and O–H groups in total. The van der Waals surface area contributed by atoms with Gasteiger partial charge < -0.3 is 14.8 Å². The second-order valence-electron chi connectivity index (χ2n) is 6.20. The van der Waals surface area contributed by atoms with Crippen molar-refractivity contribution in [1.29, 1.82) is 0 Å². The van der Waals surface area contributed by atoms with Gasteiger partial charge in [0.25, 0.3) is 5.56 Å². The molecule has 162 valence electrons. The number of rotatable bonds is 6. The Morgan fingerprint density at radius 3 is 2.27 bits per heavy atom. The molecule has 0 spiro atoms. The van der Waals surface area contributed by atoms with Crippen LogP contribution in [0.25, 0.3) is 5.69 Å². The van der Waals surface area contributed by atoms with Gasteiger partial charge in [-0.3, -0.25) is 9.59 Å². The van der Waals surface area contributed by atoms with Crippen molar-refractivity contribution in [2.75, 3.05) is 18.5 Å². The summed E-state index contributed by atoms with van der Waals surface area (Å²) in [5.41, 5.74) is -0.721. The molecule has 0 radical (unpaired) electrons. The summed E-state index contributed by atoms with van der Waals surface area (Å²) in [7, 11) is 0. The summed E-state index contributed by atoms with van der Waals surface area (Å²) in [4.78, 5) is 28.2. The van der Waals surface area contributed by atoms with Gasteiger partial charge in [0.1, 0.15) is 18.2 Å². The van der Waals surface area contributed by atoms with Crippen molar-refractivity contribution in [3.63, 3.8) is 0 Å². The van der Waals surface area contributed by atoms with Crippen LogP contribution in [0.1, 0.15) is 12.0 Å². The van der Waals surface area contributed by atoms with E-state index in [9.17, 15) is 35.9 Å². The van der Waals surface area contributed by atoms with E-state index in [-0.39, 0.29) is 29.2 Å². The molecular weight excluding hydrogens is 424 g/mol. The molecule has 0 saturated heterocycles. The molecule has 13 heteroatoms. The van der Waals surface area contributed by atoms with Crippen molar-refractivity contribution in [3.05, 3.63) is 40.2 Å². The number of aromatic nitrogens is 2. The van der Waals surface area contributed by atoms with Gasteiger partial charge in [-0.2, -0.15) is 31.3 Å². The molecule has 1 aromatic heterocycles. The first-order valence-electron chi connectivity index (χ1n) is 8.38. The van der Waals surface area contributed by atoms with Crippen molar-refractivity contribution < 1.29 is 40.6 Å². The first-order chi connectivity index (χ1) is 13.9. The molecule has 3 rings (SSSR count). The summed E-state index contributed by atoms with van der Waals surface area (Å²) in [5, 5.41) is 2.31. The average Bonchev–Trinajstić information content (AvgIpc) is 3.00. The van der Waals surface area contributed by atoms with Crippen LogP contribution in [0.15, 0.2) is 29.1 Å². The summed E-state index contributed by atoms with van der Waals surface area (Å²) >= 11 is 0.